The summed E-state index contributed by atoms with van der Waals surface area (Å²) in [6.45, 7) is 3.84. The van der Waals surface area contributed by atoms with Gasteiger partial charge in [0.05, 0.1) is 0 Å². The van der Waals surface area contributed by atoms with E-state index in [0.29, 0.717) is 0 Å². The van der Waals surface area contributed by atoms with Crippen LogP contribution < -0.4 is 0 Å². The van der Waals surface area contributed by atoms with Crippen LogP contribution in [0.3, 0.4) is 0 Å². The van der Waals surface area contributed by atoms with E-state index in [9.17, 15) is 4.79 Å². The van der Waals surface area contributed by atoms with Crippen molar-refractivity contribution in [1.82, 2.24) is 8.61 Å². The summed E-state index contributed by atoms with van der Waals surface area (Å²) in [6, 6.07) is 0. The third kappa shape index (κ3) is 0.914. The number of hydrogen-bond donors (Lipinski definition) is 0. The van der Waals surface area contributed by atoms with Gasteiger partial charge in [-0.25, -0.2) is 4.31 Å². The van der Waals surface area contributed by atoms with Gasteiger partial charge in [-0.1, -0.05) is 0 Å². The molecule has 0 aromatic carbocycles. The number of nitrogens with zero attached hydrogens (tertiary/aromatic N) is 2. The zero-order chi connectivity index (χ0) is 7.94. The molecule has 58 valence electrons. The Morgan fingerprint density at radius 2 is 1.90 bits per heavy atom. The van der Waals surface area contributed by atoms with Gasteiger partial charge in [-0.2, -0.15) is 0 Å². The van der Waals surface area contributed by atoms with Gasteiger partial charge in [0.25, 0.3) is 5.91 Å². The van der Waals surface area contributed by atoms with Gasteiger partial charge in [-0.05, 0) is 13.8 Å². The van der Waals surface area contributed by atoms with E-state index in [-0.39, 0.29) is 11.4 Å². The first-order chi connectivity index (χ1) is 4.46. The Kier molecular flexibility index (Phi) is 1.68. The highest BCUT2D eigenvalue weighted by atomic mass is 32.2. The van der Waals surface area contributed by atoms with Crippen LogP contribution in [0.2, 0.25) is 0 Å². The SMILES string of the molecule is CN1SN(C)C(C)(C)C1=O. The maximum atomic E-state index is 11.3. The molecule has 0 N–H and O–H groups in total. The van der Waals surface area contributed by atoms with Gasteiger partial charge >= 0.3 is 0 Å². The van der Waals surface area contributed by atoms with Gasteiger partial charge < -0.3 is 0 Å². The Hall–Kier alpha value is -0.220. The normalized spacial score (nSPS) is 26.0. The smallest absolute Gasteiger partial charge is 0.253 e. The maximum absolute atomic E-state index is 11.3. The fourth-order valence-electron chi connectivity index (χ4n) is 0.843. The van der Waals surface area contributed by atoms with Crippen LogP contribution in [-0.2, 0) is 4.79 Å². The summed E-state index contributed by atoms with van der Waals surface area (Å²) in [4.78, 5) is 11.3. The Morgan fingerprint density at radius 3 is 2.00 bits per heavy atom. The Balaban J connectivity index is 2.85. The molecule has 1 heterocycles. The second kappa shape index (κ2) is 2.13. The van der Waals surface area contributed by atoms with Crippen molar-refractivity contribution in [2.75, 3.05) is 14.1 Å². The van der Waals surface area contributed by atoms with Crippen LogP contribution >= 0.6 is 12.1 Å². The van der Waals surface area contributed by atoms with Crippen LogP contribution in [0.15, 0.2) is 0 Å². The fourth-order valence-corrected chi connectivity index (χ4v) is 1.79. The van der Waals surface area contributed by atoms with Gasteiger partial charge in [0.1, 0.15) is 5.54 Å². The number of carbonyl (C=O) groups excluding carboxylic acids is 1. The monoisotopic (exact) mass is 160 g/mol. The van der Waals surface area contributed by atoms with E-state index in [1.807, 2.05) is 25.2 Å². The largest absolute Gasteiger partial charge is 0.275 e. The lowest BCUT2D eigenvalue weighted by molar-refractivity contribution is -0.130. The minimum atomic E-state index is -0.334. The average Bonchev–Trinajstić information content (AvgIpc) is 1.97. The van der Waals surface area contributed by atoms with Crippen LogP contribution in [0, 0.1) is 0 Å². The summed E-state index contributed by atoms with van der Waals surface area (Å²) in [6.07, 6.45) is 0. The highest BCUT2D eigenvalue weighted by Crippen LogP contribution is 2.33. The van der Waals surface area contributed by atoms with Crippen LogP contribution in [0.1, 0.15) is 13.8 Å². The standard InChI is InChI=1S/C6H12N2OS/c1-6(2)5(9)7(3)10-8(6)4/h1-4H3. The zero-order valence-electron chi connectivity index (χ0n) is 6.71. The molecule has 0 unspecified atom stereocenters. The van der Waals surface area contributed by atoms with E-state index >= 15 is 0 Å². The van der Waals surface area contributed by atoms with Crippen LogP contribution in [0.5, 0.6) is 0 Å². The summed E-state index contributed by atoms with van der Waals surface area (Å²) >= 11 is 1.45. The van der Waals surface area contributed by atoms with Crippen LogP contribution in [-0.4, -0.2) is 34.2 Å². The topological polar surface area (TPSA) is 23.6 Å². The molecular weight excluding hydrogens is 148 g/mol. The molecule has 0 atom stereocenters. The highest BCUT2D eigenvalue weighted by Gasteiger charge is 2.42. The summed E-state index contributed by atoms with van der Waals surface area (Å²) < 4.78 is 3.61. The van der Waals surface area contributed by atoms with E-state index in [0.717, 1.165) is 0 Å². The second-order valence-corrected chi connectivity index (χ2v) is 4.20. The predicted octanol–water partition coefficient (Wildman–Crippen LogP) is 0.732. The molecule has 1 rings (SSSR count). The number of hydrogen-bond acceptors (Lipinski definition) is 3. The van der Waals surface area contributed by atoms with Gasteiger partial charge in [-0.3, -0.25) is 9.10 Å². The summed E-state index contributed by atoms with van der Waals surface area (Å²) in [5.74, 6) is 0.167. The zero-order valence-corrected chi connectivity index (χ0v) is 7.53. The molecule has 0 aliphatic carbocycles. The number of likely N-dealkylation sites (N-methyl/N-ethyl adjacent to an activating group) is 2. The molecule has 1 saturated heterocycles. The van der Waals surface area contributed by atoms with E-state index in [4.69, 9.17) is 0 Å². The lowest BCUT2D eigenvalue weighted by Gasteiger charge is -2.20. The molecule has 0 radical (unpaired) electrons. The fraction of sp³-hybridized carbons (Fsp3) is 0.833. The number of rotatable bonds is 0. The minimum absolute atomic E-state index is 0.167. The quantitative estimate of drug-likeness (QED) is 0.488. The molecule has 0 spiro atoms. The number of carbonyl (C=O) groups is 1. The second-order valence-electron chi connectivity index (χ2n) is 2.94. The van der Waals surface area contributed by atoms with Crippen molar-refractivity contribution in [2.45, 2.75) is 19.4 Å². The Labute approximate surface area is 65.6 Å². The van der Waals surface area contributed by atoms with Crippen molar-refractivity contribution in [3.8, 4) is 0 Å². The van der Waals surface area contributed by atoms with Crippen molar-refractivity contribution >= 4 is 18.0 Å². The molecule has 10 heavy (non-hydrogen) atoms. The Bertz CT molecular complexity index is 169. The molecule has 4 heteroatoms. The molecule has 0 aromatic heterocycles. The van der Waals surface area contributed by atoms with Crippen molar-refractivity contribution < 1.29 is 4.79 Å². The number of amides is 1. The van der Waals surface area contributed by atoms with Crippen LogP contribution in [0.25, 0.3) is 0 Å². The molecular formula is C6H12N2OS. The molecule has 3 nitrogen and oxygen atoms in total. The highest BCUT2D eigenvalue weighted by molar-refractivity contribution is 7.95. The van der Waals surface area contributed by atoms with E-state index in [1.54, 1.807) is 11.4 Å². The molecule has 0 saturated carbocycles. The van der Waals surface area contributed by atoms with Crippen molar-refractivity contribution in [3.63, 3.8) is 0 Å². The first-order valence-corrected chi connectivity index (χ1v) is 3.89. The van der Waals surface area contributed by atoms with Crippen LogP contribution in [0.4, 0.5) is 0 Å². The van der Waals surface area contributed by atoms with Gasteiger partial charge in [0, 0.05) is 26.2 Å². The average molecular weight is 160 g/mol. The first kappa shape index (κ1) is 7.88. The Morgan fingerprint density at radius 1 is 1.40 bits per heavy atom. The van der Waals surface area contributed by atoms with Crippen molar-refractivity contribution in [1.29, 1.82) is 0 Å². The third-order valence-electron chi connectivity index (χ3n) is 1.84. The van der Waals surface area contributed by atoms with Gasteiger partial charge in [0.2, 0.25) is 0 Å². The summed E-state index contributed by atoms with van der Waals surface area (Å²) in [5, 5.41) is 0. The molecule has 1 aliphatic rings. The van der Waals surface area contributed by atoms with Crippen molar-refractivity contribution in [2.24, 2.45) is 0 Å². The van der Waals surface area contributed by atoms with E-state index < -0.39 is 0 Å². The first-order valence-electron chi connectivity index (χ1n) is 3.16. The summed E-state index contributed by atoms with van der Waals surface area (Å²) in [5.41, 5.74) is -0.334. The van der Waals surface area contributed by atoms with E-state index in [2.05, 4.69) is 0 Å². The van der Waals surface area contributed by atoms with Crippen molar-refractivity contribution in [3.05, 3.63) is 0 Å². The maximum Gasteiger partial charge on any atom is 0.253 e. The van der Waals surface area contributed by atoms with Gasteiger partial charge in [-0.15, -0.1) is 0 Å². The van der Waals surface area contributed by atoms with Gasteiger partial charge in [0.15, 0.2) is 0 Å². The molecule has 0 bridgehead atoms. The summed E-state index contributed by atoms with van der Waals surface area (Å²) in [7, 11) is 3.71. The van der Waals surface area contributed by atoms with E-state index in [1.165, 1.54) is 12.1 Å². The molecule has 0 aromatic rings. The minimum Gasteiger partial charge on any atom is -0.275 e. The lowest BCUT2D eigenvalue weighted by atomic mass is 10.1. The third-order valence-corrected chi connectivity index (χ3v) is 2.95. The molecule has 1 fully saturated rings. The molecule has 1 amide bonds. The molecule has 1 aliphatic heterocycles. The lowest BCUT2D eigenvalue weighted by Crippen LogP contribution is -2.40. The predicted molar refractivity (Wildman–Crippen MR) is 42.2 cm³/mol.